The first-order chi connectivity index (χ1) is 21.3. The van der Waals surface area contributed by atoms with E-state index < -0.39 is 69.0 Å². The molecule has 240 valence electrons. The molecule has 2 saturated heterocycles. The highest BCUT2D eigenvalue weighted by molar-refractivity contribution is 7.91. The number of anilines is 1. The van der Waals surface area contributed by atoms with Gasteiger partial charge in [-0.2, -0.15) is 8.78 Å². The lowest BCUT2D eigenvalue weighted by Crippen LogP contribution is -2.45. The number of hydrogen-bond donors (Lipinski definition) is 1. The Hall–Kier alpha value is -4.40. The monoisotopic (exact) mass is 651 g/mol. The highest BCUT2D eigenvalue weighted by Gasteiger charge is 2.46. The number of alkyl halides is 2. The van der Waals surface area contributed by atoms with E-state index in [4.69, 9.17) is 4.74 Å². The van der Waals surface area contributed by atoms with Crippen LogP contribution in [-0.4, -0.2) is 62.6 Å². The molecule has 2 aliphatic heterocycles. The zero-order valence-corrected chi connectivity index (χ0v) is 25.0. The molecular formula is C30H29F4N3O7S. The number of nitrogens with one attached hydrogen (secondary N) is 1. The predicted octanol–water partition coefficient (Wildman–Crippen LogP) is 3.72. The molecule has 2 aromatic carbocycles. The van der Waals surface area contributed by atoms with Gasteiger partial charge in [0.25, 0.3) is 11.5 Å². The second kappa shape index (κ2) is 12.5. The number of pyridine rings is 1. The van der Waals surface area contributed by atoms with Gasteiger partial charge in [0.1, 0.15) is 44.7 Å². The maximum absolute atomic E-state index is 15.4. The van der Waals surface area contributed by atoms with Gasteiger partial charge in [-0.3, -0.25) is 14.4 Å². The van der Waals surface area contributed by atoms with Crippen LogP contribution in [0, 0.1) is 18.6 Å². The van der Waals surface area contributed by atoms with Crippen LogP contribution in [0.15, 0.2) is 53.5 Å². The summed E-state index contributed by atoms with van der Waals surface area (Å²) in [6.45, 7) is -1.89. The molecule has 3 aromatic rings. The van der Waals surface area contributed by atoms with Crippen LogP contribution in [0.1, 0.15) is 46.3 Å². The Bertz CT molecular complexity index is 1760. The summed E-state index contributed by atoms with van der Waals surface area (Å²) in [5, 5.41) is 2.50. The molecule has 5 rings (SSSR count). The maximum Gasteiger partial charge on any atom is 0.387 e. The summed E-state index contributed by atoms with van der Waals surface area (Å²) in [5.41, 5.74) is -0.847. The van der Waals surface area contributed by atoms with Crippen molar-refractivity contribution in [2.75, 3.05) is 30.1 Å². The Kier molecular flexibility index (Phi) is 8.92. The molecular weight excluding hydrogens is 622 g/mol. The Morgan fingerprint density at radius 2 is 1.62 bits per heavy atom. The third-order valence-electron chi connectivity index (χ3n) is 8.08. The van der Waals surface area contributed by atoms with E-state index in [-0.39, 0.29) is 53.6 Å². The number of aryl methyl sites for hydroxylation is 1. The minimum atomic E-state index is -3.22. The fourth-order valence-corrected chi connectivity index (χ4v) is 7.27. The molecule has 0 aliphatic carbocycles. The van der Waals surface area contributed by atoms with Gasteiger partial charge in [0.15, 0.2) is 0 Å². The Morgan fingerprint density at radius 1 is 1.00 bits per heavy atom. The first kappa shape index (κ1) is 32.0. The second-order valence-electron chi connectivity index (χ2n) is 10.9. The van der Waals surface area contributed by atoms with Crippen LogP contribution in [0.5, 0.6) is 11.5 Å². The summed E-state index contributed by atoms with van der Waals surface area (Å²) >= 11 is 0. The molecule has 0 radical (unpaired) electrons. The number of hydrogen-bond acceptors (Lipinski definition) is 7. The van der Waals surface area contributed by atoms with E-state index in [0.717, 1.165) is 29.2 Å². The predicted molar refractivity (Wildman–Crippen MR) is 155 cm³/mol. The lowest BCUT2D eigenvalue weighted by Gasteiger charge is -2.26. The molecule has 3 heterocycles. The smallest absolute Gasteiger partial charge is 0.387 e. The highest BCUT2D eigenvalue weighted by Crippen LogP contribution is 2.37. The Balaban J connectivity index is 1.53. The fraction of sp³-hybridized carbons (Fsp3) is 0.367. The second-order valence-corrected chi connectivity index (χ2v) is 13.2. The van der Waals surface area contributed by atoms with E-state index in [1.807, 2.05) is 0 Å². The average molecular weight is 652 g/mol. The van der Waals surface area contributed by atoms with E-state index >= 15 is 8.78 Å². The van der Waals surface area contributed by atoms with Crippen LogP contribution in [0.3, 0.4) is 0 Å². The molecule has 0 bridgehead atoms. The normalized spacial score (nSPS) is 20.0. The lowest BCUT2D eigenvalue weighted by atomic mass is 9.92. The van der Waals surface area contributed by atoms with Gasteiger partial charge in [0.05, 0.1) is 18.6 Å². The van der Waals surface area contributed by atoms with Gasteiger partial charge in [-0.1, -0.05) is 0 Å². The van der Waals surface area contributed by atoms with Crippen molar-refractivity contribution in [1.82, 2.24) is 9.88 Å². The first-order valence-electron chi connectivity index (χ1n) is 13.9. The molecule has 1 N–H and O–H groups in total. The zero-order chi connectivity index (χ0) is 32.6. The summed E-state index contributed by atoms with van der Waals surface area (Å²) in [6.07, 6.45) is 1.91. The maximum atomic E-state index is 15.4. The SMILES string of the molecule is COc1cc(F)c([C@@H]2CN(c3c(C)ccn(C4CCS(=O)(=O)CC4)c3=O)C(=O)[C@H]2NC(=O)c2ccc(OC(F)F)cc2)c(F)c1. The molecule has 2 amide bonds. The first-order valence-corrected chi connectivity index (χ1v) is 15.7. The molecule has 45 heavy (non-hydrogen) atoms. The molecule has 0 saturated carbocycles. The molecule has 0 unspecified atom stereocenters. The van der Waals surface area contributed by atoms with Crippen LogP contribution >= 0.6 is 0 Å². The van der Waals surface area contributed by atoms with Crippen molar-refractivity contribution in [3.63, 3.8) is 0 Å². The average Bonchev–Trinajstić information content (AvgIpc) is 3.27. The van der Waals surface area contributed by atoms with Gasteiger partial charge >= 0.3 is 6.61 Å². The van der Waals surface area contributed by atoms with Crippen LogP contribution in [0.4, 0.5) is 23.2 Å². The summed E-state index contributed by atoms with van der Waals surface area (Å²) in [6, 6.07) is 6.07. The number of nitrogens with zero attached hydrogens (tertiary/aromatic N) is 2. The Morgan fingerprint density at radius 3 is 2.20 bits per heavy atom. The van der Waals surface area contributed by atoms with E-state index in [9.17, 15) is 31.6 Å². The van der Waals surface area contributed by atoms with Gasteiger partial charge in [-0.25, -0.2) is 17.2 Å². The molecule has 2 aliphatic rings. The number of halogens is 4. The number of carbonyl (C=O) groups is 2. The number of carbonyl (C=O) groups excluding carboxylic acids is 2. The number of rotatable bonds is 8. The number of benzene rings is 2. The number of methoxy groups -OCH3 is 1. The molecule has 2 atom stereocenters. The van der Waals surface area contributed by atoms with Crippen LogP contribution < -0.4 is 25.2 Å². The number of aromatic nitrogens is 1. The van der Waals surface area contributed by atoms with E-state index in [1.165, 1.54) is 30.0 Å². The van der Waals surface area contributed by atoms with Gasteiger partial charge in [0.2, 0.25) is 5.91 Å². The van der Waals surface area contributed by atoms with Crippen molar-refractivity contribution in [2.24, 2.45) is 0 Å². The quantitative estimate of drug-likeness (QED) is 0.369. The molecule has 15 heteroatoms. The minimum absolute atomic E-state index is 0.0530. The van der Waals surface area contributed by atoms with Crippen molar-refractivity contribution < 1.29 is 45.0 Å². The standard InChI is InChI=1S/C30H29F4N3O7S/c1-16-7-10-36(18-8-11-45(41,42)12-9-18)29(40)26(16)37-15-21(24-22(31)13-20(43-2)14-23(24)32)25(28(37)39)35-27(38)17-3-5-19(6-4-17)44-30(33)34/h3-7,10,13-14,18,21,25,30H,8-9,11-12,15H2,1-2H3,(H,35,38)/t21-,25-/m0/s1. The van der Waals surface area contributed by atoms with Gasteiger partial charge in [0, 0.05) is 48.0 Å². The van der Waals surface area contributed by atoms with Crippen molar-refractivity contribution >= 4 is 27.3 Å². The van der Waals surface area contributed by atoms with Gasteiger partial charge < -0.3 is 24.3 Å². The summed E-state index contributed by atoms with van der Waals surface area (Å²) in [4.78, 5) is 42.1. The zero-order valence-electron chi connectivity index (χ0n) is 24.1. The van der Waals surface area contributed by atoms with Crippen molar-refractivity contribution in [3.05, 3.63) is 87.3 Å². The van der Waals surface area contributed by atoms with Crippen molar-refractivity contribution in [3.8, 4) is 11.5 Å². The third-order valence-corrected chi connectivity index (χ3v) is 9.80. The largest absolute Gasteiger partial charge is 0.497 e. The van der Waals surface area contributed by atoms with Crippen molar-refractivity contribution in [1.29, 1.82) is 0 Å². The number of amides is 2. The molecule has 1 aromatic heterocycles. The third kappa shape index (κ3) is 6.53. The van der Waals surface area contributed by atoms with Crippen LogP contribution in [0.2, 0.25) is 0 Å². The minimum Gasteiger partial charge on any atom is -0.497 e. The van der Waals surface area contributed by atoms with Gasteiger partial charge in [-0.05, 0) is 55.7 Å². The van der Waals surface area contributed by atoms with Crippen molar-refractivity contribution in [2.45, 2.75) is 44.4 Å². The Labute approximate surface area is 255 Å². The van der Waals surface area contributed by atoms with Crippen LogP contribution in [-0.2, 0) is 14.6 Å². The number of sulfone groups is 1. The topological polar surface area (TPSA) is 124 Å². The molecule has 0 spiro atoms. The fourth-order valence-electron chi connectivity index (χ4n) is 5.80. The van der Waals surface area contributed by atoms with E-state index in [2.05, 4.69) is 10.1 Å². The van der Waals surface area contributed by atoms with E-state index in [0.29, 0.717) is 5.56 Å². The summed E-state index contributed by atoms with van der Waals surface area (Å²) < 4.78 is 90.3. The van der Waals surface area contributed by atoms with Crippen LogP contribution in [0.25, 0.3) is 0 Å². The van der Waals surface area contributed by atoms with Gasteiger partial charge in [-0.15, -0.1) is 0 Å². The number of ether oxygens (including phenoxy) is 2. The van der Waals surface area contributed by atoms with E-state index in [1.54, 1.807) is 13.0 Å². The highest BCUT2D eigenvalue weighted by atomic mass is 32.2. The molecule has 2 fully saturated rings. The molecule has 10 nitrogen and oxygen atoms in total. The summed E-state index contributed by atoms with van der Waals surface area (Å²) in [5.74, 6) is -5.56. The summed E-state index contributed by atoms with van der Waals surface area (Å²) in [7, 11) is -2.00. The lowest BCUT2D eigenvalue weighted by molar-refractivity contribution is -0.118.